The Morgan fingerprint density at radius 2 is 1.93 bits per heavy atom. The Balaban J connectivity index is 2.88. The van der Waals surface area contributed by atoms with Gasteiger partial charge in [-0.3, -0.25) is 4.79 Å². The van der Waals surface area contributed by atoms with Crippen molar-refractivity contribution in [2.24, 2.45) is 0 Å². The van der Waals surface area contributed by atoms with Crippen LogP contribution in [-0.4, -0.2) is 8.42 Å². The van der Waals surface area contributed by atoms with Gasteiger partial charge in [-0.05, 0) is 18.2 Å². The van der Waals surface area contributed by atoms with Gasteiger partial charge in [0, 0.05) is 16.7 Å². The molecular weight excluding hydrogens is 240 g/mol. The molecule has 0 aliphatic heterocycles. The van der Waals surface area contributed by atoms with Crippen LogP contribution in [0.1, 0.15) is 0 Å². The molecule has 78 valence electrons. The Morgan fingerprint density at radius 3 is 2.60 bits per heavy atom. The van der Waals surface area contributed by atoms with Crippen molar-refractivity contribution in [1.82, 2.24) is 0 Å². The lowest BCUT2D eigenvalue weighted by atomic mass is 10.2. The molecule has 15 heavy (non-hydrogen) atoms. The molecule has 4 nitrogen and oxygen atoms in total. The van der Waals surface area contributed by atoms with E-state index in [1.54, 1.807) is 0 Å². The standard InChI is InChI=1S/C9H5ClO4S/c10-15(12,13)6-1-2-9-7(5-6)8(11)3-4-14-9/h1-5H. The predicted octanol–water partition coefficient (Wildman–Crippen LogP) is 1.72. The van der Waals surface area contributed by atoms with Crippen LogP contribution in [0.15, 0.2) is 44.6 Å². The Morgan fingerprint density at radius 1 is 1.20 bits per heavy atom. The lowest BCUT2D eigenvalue weighted by molar-refractivity contribution is 0.601. The quantitative estimate of drug-likeness (QED) is 0.717. The number of halogens is 1. The van der Waals surface area contributed by atoms with E-state index in [0.29, 0.717) is 5.58 Å². The minimum absolute atomic E-state index is 0.116. The Labute approximate surface area is 89.5 Å². The van der Waals surface area contributed by atoms with Gasteiger partial charge in [0.15, 0.2) is 5.43 Å². The molecule has 0 bridgehead atoms. The molecule has 1 aromatic heterocycles. The van der Waals surface area contributed by atoms with Crippen LogP contribution in [0.2, 0.25) is 0 Å². The maximum atomic E-state index is 11.4. The average molecular weight is 245 g/mol. The minimum atomic E-state index is -3.82. The number of hydrogen-bond acceptors (Lipinski definition) is 4. The van der Waals surface area contributed by atoms with E-state index in [-0.39, 0.29) is 15.7 Å². The van der Waals surface area contributed by atoms with Gasteiger partial charge < -0.3 is 4.42 Å². The smallest absolute Gasteiger partial charge is 0.261 e. The van der Waals surface area contributed by atoms with E-state index in [1.165, 1.54) is 30.5 Å². The molecule has 0 atom stereocenters. The summed E-state index contributed by atoms with van der Waals surface area (Å²) in [6, 6.07) is 5.09. The van der Waals surface area contributed by atoms with E-state index in [1.807, 2.05) is 0 Å². The summed E-state index contributed by atoms with van der Waals surface area (Å²) in [5.41, 5.74) is 0.0185. The zero-order valence-corrected chi connectivity index (χ0v) is 8.88. The summed E-state index contributed by atoms with van der Waals surface area (Å²) >= 11 is 0. The largest absolute Gasteiger partial charge is 0.464 e. The van der Waals surface area contributed by atoms with Crippen LogP contribution in [0.3, 0.4) is 0 Å². The second kappa shape index (κ2) is 3.36. The highest BCUT2D eigenvalue weighted by molar-refractivity contribution is 8.13. The van der Waals surface area contributed by atoms with Gasteiger partial charge in [0.05, 0.1) is 16.5 Å². The molecule has 0 fully saturated rings. The summed E-state index contributed by atoms with van der Waals surface area (Å²) in [6.07, 6.45) is 1.25. The molecule has 0 N–H and O–H groups in total. The van der Waals surface area contributed by atoms with Gasteiger partial charge in [0.1, 0.15) is 5.58 Å². The van der Waals surface area contributed by atoms with Crippen LogP contribution >= 0.6 is 10.7 Å². The van der Waals surface area contributed by atoms with Crippen molar-refractivity contribution in [3.05, 3.63) is 40.8 Å². The maximum Gasteiger partial charge on any atom is 0.261 e. The van der Waals surface area contributed by atoms with Crippen molar-refractivity contribution in [1.29, 1.82) is 0 Å². The van der Waals surface area contributed by atoms with Gasteiger partial charge >= 0.3 is 0 Å². The topological polar surface area (TPSA) is 64.3 Å². The first-order valence-corrected chi connectivity index (χ1v) is 6.26. The molecule has 0 aliphatic rings. The molecule has 0 aliphatic carbocycles. The van der Waals surface area contributed by atoms with Crippen molar-refractivity contribution in [2.75, 3.05) is 0 Å². The van der Waals surface area contributed by atoms with Gasteiger partial charge in [-0.1, -0.05) is 0 Å². The average Bonchev–Trinajstić information content (AvgIpc) is 2.16. The summed E-state index contributed by atoms with van der Waals surface area (Å²) in [5, 5.41) is 0.194. The molecule has 0 unspecified atom stereocenters. The highest BCUT2D eigenvalue weighted by Crippen LogP contribution is 2.19. The lowest BCUT2D eigenvalue weighted by Crippen LogP contribution is -1.99. The number of rotatable bonds is 1. The van der Waals surface area contributed by atoms with E-state index < -0.39 is 9.05 Å². The molecular formula is C9H5ClO4S. The molecule has 1 aromatic carbocycles. The predicted molar refractivity (Wildman–Crippen MR) is 55.5 cm³/mol. The van der Waals surface area contributed by atoms with Crippen LogP contribution < -0.4 is 5.43 Å². The first kappa shape index (κ1) is 10.2. The fraction of sp³-hybridized carbons (Fsp3) is 0. The summed E-state index contributed by atoms with van der Waals surface area (Å²) in [4.78, 5) is 11.2. The van der Waals surface area contributed by atoms with E-state index >= 15 is 0 Å². The minimum Gasteiger partial charge on any atom is -0.464 e. The van der Waals surface area contributed by atoms with Gasteiger partial charge in [-0.25, -0.2) is 8.42 Å². The SMILES string of the molecule is O=c1ccoc2ccc(S(=O)(=O)Cl)cc12. The molecule has 2 aromatic rings. The molecule has 2 rings (SSSR count). The number of hydrogen-bond donors (Lipinski definition) is 0. The van der Waals surface area contributed by atoms with Gasteiger partial charge in [-0.15, -0.1) is 0 Å². The van der Waals surface area contributed by atoms with Gasteiger partial charge in [0.25, 0.3) is 9.05 Å². The summed E-state index contributed by atoms with van der Waals surface area (Å²) in [5.74, 6) is 0. The van der Waals surface area contributed by atoms with Gasteiger partial charge in [0.2, 0.25) is 0 Å². The Kier molecular flexibility index (Phi) is 2.28. The third-order valence-electron chi connectivity index (χ3n) is 1.91. The monoisotopic (exact) mass is 244 g/mol. The van der Waals surface area contributed by atoms with Crippen molar-refractivity contribution in [3.8, 4) is 0 Å². The third-order valence-corrected chi connectivity index (χ3v) is 3.26. The fourth-order valence-electron chi connectivity index (χ4n) is 1.21. The van der Waals surface area contributed by atoms with E-state index in [4.69, 9.17) is 15.1 Å². The summed E-state index contributed by atoms with van der Waals surface area (Å²) < 4.78 is 27.1. The van der Waals surface area contributed by atoms with E-state index in [2.05, 4.69) is 0 Å². The molecule has 0 radical (unpaired) electrons. The maximum absolute atomic E-state index is 11.4. The molecule has 0 saturated carbocycles. The number of benzene rings is 1. The highest BCUT2D eigenvalue weighted by atomic mass is 35.7. The third kappa shape index (κ3) is 1.88. The van der Waals surface area contributed by atoms with Crippen LogP contribution in [0.4, 0.5) is 0 Å². The van der Waals surface area contributed by atoms with Gasteiger partial charge in [-0.2, -0.15) is 0 Å². The van der Waals surface area contributed by atoms with Crippen molar-refractivity contribution in [3.63, 3.8) is 0 Å². The zero-order chi connectivity index (χ0) is 11.1. The Bertz CT molecular complexity index is 672. The second-order valence-electron chi connectivity index (χ2n) is 2.88. The van der Waals surface area contributed by atoms with Crippen molar-refractivity contribution in [2.45, 2.75) is 4.90 Å². The van der Waals surface area contributed by atoms with Crippen LogP contribution in [0.5, 0.6) is 0 Å². The Hall–Kier alpha value is -1.33. The van der Waals surface area contributed by atoms with Crippen LogP contribution in [0, 0.1) is 0 Å². The molecule has 0 saturated heterocycles. The van der Waals surface area contributed by atoms with Crippen LogP contribution in [0.25, 0.3) is 11.0 Å². The molecule has 6 heteroatoms. The molecule has 0 amide bonds. The summed E-state index contributed by atoms with van der Waals surface area (Å²) in [7, 11) is 1.33. The second-order valence-corrected chi connectivity index (χ2v) is 5.45. The zero-order valence-electron chi connectivity index (χ0n) is 7.31. The highest BCUT2D eigenvalue weighted by Gasteiger charge is 2.11. The van der Waals surface area contributed by atoms with E-state index in [9.17, 15) is 13.2 Å². The van der Waals surface area contributed by atoms with E-state index in [0.717, 1.165) is 0 Å². The normalized spacial score (nSPS) is 11.8. The molecule has 0 spiro atoms. The molecule has 1 heterocycles. The first-order chi connectivity index (χ1) is 6.98. The fourth-order valence-corrected chi connectivity index (χ4v) is 1.99. The van der Waals surface area contributed by atoms with Crippen molar-refractivity contribution >= 4 is 30.7 Å². The number of fused-ring (bicyclic) bond motifs is 1. The van der Waals surface area contributed by atoms with Crippen LogP contribution in [-0.2, 0) is 9.05 Å². The van der Waals surface area contributed by atoms with Crippen molar-refractivity contribution < 1.29 is 12.8 Å². The summed E-state index contributed by atoms with van der Waals surface area (Å²) in [6.45, 7) is 0. The lowest BCUT2D eigenvalue weighted by Gasteiger charge is -1.98. The first-order valence-electron chi connectivity index (χ1n) is 3.95.